The van der Waals surface area contributed by atoms with Crippen LogP contribution in [0.5, 0.6) is 0 Å². The van der Waals surface area contributed by atoms with Crippen LogP contribution in [0.3, 0.4) is 0 Å². The standard InChI is InChI=1S/C14H19BrFN/c1-9-4-3-5-14(9)17-10(2)11-6-7-13(16)12(15)8-11/h6-10,14,17H,3-5H2,1-2H3. The van der Waals surface area contributed by atoms with Gasteiger partial charge in [0.05, 0.1) is 4.47 Å². The quantitative estimate of drug-likeness (QED) is 0.871. The second kappa shape index (κ2) is 5.49. The largest absolute Gasteiger partial charge is 0.307 e. The Morgan fingerprint density at radius 2 is 2.18 bits per heavy atom. The summed E-state index contributed by atoms with van der Waals surface area (Å²) in [7, 11) is 0. The maximum atomic E-state index is 13.2. The Labute approximate surface area is 111 Å². The molecule has 3 atom stereocenters. The fraction of sp³-hybridized carbons (Fsp3) is 0.571. The number of rotatable bonds is 3. The Morgan fingerprint density at radius 3 is 2.76 bits per heavy atom. The highest BCUT2D eigenvalue weighted by atomic mass is 79.9. The molecule has 0 heterocycles. The monoisotopic (exact) mass is 299 g/mol. The lowest BCUT2D eigenvalue weighted by Gasteiger charge is -2.23. The number of hydrogen-bond acceptors (Lipinski definition) is 1. The van der Waals surface area contributed by atoms with Crippen LogP contribution in [0.1, 0.15) is 44.7 Å². The van der Waals surface area contributed by atoms with Crippen LogP contribution < -0.4 is 5.32 Å². The van der Waals surface area contributed by atoms with Crippen molar-refractivity contribution in [1.82, 2.24) is 5.32 Å². The third-order valence-electron chi connectivity index (χ3n) is 3.77. The molecule has 1 N–H and O–H groups in total. The minimum absolute atomic E-state index is 0.199. The van der Waals surface area contributed by atoms with Crippen molar-refractivity contribution in [3.8, 4) is 0 Å². The number of hydrogen-bond donors (Lipinski definition) is 1. The average molecular weight is 300 g/mol. The van der Waals surface area contributed by atoms with Crippen molar-refractivity contribution in [2.45, 2.75) is 45.2 Å². The molecule has 1 saturated carbocycles. The van der Waals surface area contributed by atoms with E-state index in [2.05, 4.69) is 35.1 Å². The first-order chi connectivity index (χ1) is 8.08. The van der Waals surface area contributed by atoms with Crippen molar-refractivity contribution in [3.05, 3.63) is 34.1 Å². The molecule has 94 valence electrons. The molecule has 0 aromatic heterocycles. The molecule has 17 heavy (non-hydrogen) atoms. The average Bonchev–Trinajstić information content (AvgIpc) is 2.68. The molecule has 1 aliphatic rings. The van der Waals surface area contributed by atoms with Crippen LogP contribution in [0.2, 0.25) is 0 Å². The van der Waals surface area contributed by atoms with Crippen LogP contribution >= 0.6 is 15.9 Å². The molecule has 1 nitrogen and oxygen atoms in total. The molecular weight excluding hydrogens is 281 g/mol. The van der Waals surface area contributed by atoms with Gasteiger partial charge in [0.25, 0.3) is 0 Å². The lowest BCUT2D eigenvalue weighted by Crippen LogP contribution is -2.33. The van der Waals surface area contributed by atoms with E-state index in [4.69, 9.17) is 0 Å². The number of benzene rings is 1. The molecule has 2 rings (SSSR count). The molecule has 1 aromatic rings. The maximum absolute atomic E-state index is 13.2. The molecule has 1 aliphatic carbocycles. The zero-order chi connectivity index (χ0) is 12.4. The molecule has 0 radical (unpaired) electrons. The van der Waals surface area contributed by atoms with E-state index in [9.17, 15) is 4.39 Å². The predicted molar refractivity (Wildman–Crippen MR) is 72.5 cm³/mol. The van der Waals surface area contributed by atoms with E-state index in [1.54, 1.807) is 0 Å². The van der Waals surface area contributed by atoms with Gasteiger partial charge >= 0.3 is 0 Å². The highest BCUT2D eigenvalue weighted by Crippen LogP contribution is 2.28. The summed E-state index contributed by atoms with van der Waals surface area (Å²) in [4.78, 5) is 0. The fourth-order valence-electron chi connectivity index (χ4n) is 2.59. The van der Waals surface area contributed by atoms with Crippen LogP contribution in [0, 0.1) is 11.7 Å². The van der Waals surface area contributed by atoms with Crippen LogP contribution in [0.15, 0.2) is 22.7 Å². The third-order valence-corrected chi connectivity index (χ3v) is 4.38. The topological polar surface area (TPSA) is 12.0 Å². The molecule has 1 aromatic carbocycles. The predicted octanol–water partition coefficient (Wildman–Crippen LogP) is 4.43. The molecule has 0 amide bonds. The highest BCUT2D eigenvalue weighted by molar-refractivity contribution is 9.10. The van der Waals surface area contributed by atoms with Crippen molar-refractivity contribution < 1.29 is 4.39 Å². The van der Waals surface area contributed by atoms with Crippen molar-refractivity contribution in [2.24, 2.45) is 5.92 Å². The first-order valence-electron chi connectivity index (χ1n) is 6.29. The molecule has 0 saturated heterocycles. The van der Waals surface area contributed by atoms with Gasteiger partial charge in [0.15, 0.2) is 0 Å². The molecule has 0 aliphatic heterocycles. The van der Waals surface area contributed by atoms with Gasteiger partial charge in [-0.25, -0.2) is 4.39 Å². The summed E-state index contributed by atoms with van der Waals surface area (Å²) in [5.74, 6) is 0.552. The highest BCUT2D eigenvalue weighted by Gasteiger charge is 2.24. The Morgan fingerprint density at radius 1 is 1.41 bits per heavy atom. The molecule has 0 spiro atoms. The summed E-state index contributed by atoms with van der Waals surface area (Å²) in [5.41, 5.74) is 1.14. The maximum Gasteiger partial charge on any atom is 0.137 e. The summed E-state index contributed by atoms with van der Waals surface area (Å²) in [6, 6.07) is 6.13. The second-order valence-electron chi connectivity index (χ2n) is 5.08. The minimum atomic E-state index is -0.199. The summed E-state index contributed by atoms with van der Waals surface area (Å²) in [5, 5.41) is 3.65. The summed E-state index contributed by atoms with van der Waals surface area (Å²) >= 11 is 3.24. The third kappa shape index (κ3) is 3.08. The van der Waals surface area contributed by atoms with Gasteiger partial charge in [-0.3, -0.25) is 0 Å². The van der Waals surface area contributed by atoms with Crippen molar-refractivity contribution in [1.29, 1.82) is 0 Å². The van der Waals surface area contributed by atoms with E-state index in [-0.39, 0.29) is 11.9 Å². The molecule has 3 unspecified atom stereocenters. The van der Waals surface area contributed by atoms with Crippen molar-refractivity contribution in [3.63, 3.8) is 0 Å². The normalized spacial score (nSPS) is 26.1. The first-order valence-corrected chi connectivity index (χ1v) is 7.08. The smallest absolute Gasteiger partial charge is 0.137 e. The zero-order valence-corrected chi connectivity index (χ0v) is 11.9. The lowest BCUT2D eigenvalue weighted by molar-refractivity contribution is 0.388. The van der Waals surface area contributed by atoms with Gasteiger partial charge in [0.1, 0.15) is 5.82 Å². The van der Waals surface area contributed by atoms with E-state index in [1.807, 2.05) is 12.1 Å². The molecule has 3 heteroatoms. The Kier molecular flexibility index (Phi) is 4.21. The van der Waals surface area contributed by atoms with Gasteiger partial charge in [-0.1, -0.05) is 19.4 Å². The second-order valence-corrected chi connectivity index (χ2v) is 5.93. The van der Waals surface area contributed by atoms with Gasteiger partial charge in [0.2, 0.25) is 0 Å². The van der Waals surface area contributed by atoms with Gasteiger partial charge < -0.3 is 5.32 Å². The van der Waals surface area contributed by atoms with E-state index in [0.717, 1.165) is 11.5 Å². The van der Waals surface area contributed by atoms with Crippen LogP contribution in [-0.4, -0.2) is 6.04 Å². The molecule has 0 bridgehead atoms. The van der Waals surface area contributed by atoms with Gasteiger partial charge in [0, 0.05) is 12.1 Å². The van der Waals surface area contributed by atoms with E-state index >= 15 is 0 Å². The van der Waals surface area contributed by atoms with Gasteiger partial charge in [-0.15, -0.1) is 0 Å². The van der Waals surface area contributed by atoms with Gasteiger partial charge in [-0.05, 0) is 59.3 Å². The Hall–Kier alpha value is -0.410. The fourth-order valence-corrected chi connectivity index (χ4v) is 2.99. The number of nitrogens with one attached hydrogen (secondary N) is 1. The van der Waals surface area contributed by atoms with E-state index < -0.39 is 0 Å². The van der Waals surface area contributed by atoms with Crippen molar-refractivity contribution >= 4 is 15.9 Å². The summed E-state index contributed by atoms with van der Waals surface area (Å²) in [6.45, 7) is 4.45. The molecule has 1 fully saturated rings. The van der Waals surface area contributed by atoms with E-state index in [0.29, 0.717) is 10.5 Å². The Bertz CT molecular complexity index is 394. The summed E-state index contributed by atoms with van der Waals surface area (Å²) in [6.07, 6.45) is 3.89. The number of halogens is 2. The minimum Gasteiger partial charge on any atom is -0.307 e. The van der Waals surface area contributed by atoms with Crippen molar-refractivity contribution in [2.75, 3.05) is 0 Å². The molecular formula is C14H19BrFN. The van der Waals surface area contributed by atoms with Crippen LogP contribution in [0.25, 0.3) is 0 Å². The van der Waals surface area contributed by atoms with Crippen LogP contribution in [-0.2, 0) is 0 Å². The first kappa shape index (κ1) is 13.0. The zero-order valence-electron chi connectivity index (χ0n) is 10.3. The van der Waals surface area contributed by atoms with Crippen LogP contribution in [0.4, 0.5) is 4.39 Å². The lowest BCUT2D eigenvalue weighted by atomic mass is 10.0. The summed E-state index contributed by atoms with van der Waals surface area (Å²) < 4.78 is 13.7. The SMILES string of the molecule is CC(NC1CCCC1C)c1ccc(F)c(Br)c1. The van der Waals surface area contributed by atoms with Gasteiger partial charge in [-0.2, -0.15) is 0 Å². The van der Waals surface area contributed by atoms with E-state index in [1.165, 1.54) is 25.3 Å². The Balaban J connectivity index is 2.03.